The number of carbonyl (C=O) groups excluding carboxylic acids is 1. The van der Waals surface area contributed by atoms with E-state index in [2.05, 4.69) is 35.3 Å². The molecule has 0 radical (unpaired) electrons. The second kappa shape index (κ2) is 14.7. The van der Waals surface area contributed by atoms with Crippen LogP contribution in [-0.2, 0) is 27.4 Å². The largest absolute Gasteiger partial charge is 0.385 e. The fraction of sp³-hybridized carbons (Fsp3) is 0.667. The van der Waals surface area contributed by atoms with Crippen molar-refractivity contribution in [3.63, 3.8) is 0 Å². The summed E-state index contributed by atoms with van der Waals surface area (Å²) in [6, 6.07) is 8.35. The van der Waals surface area contributed by atoms with Crippen LogP contribution in [0.3, 0.4) is 0 Å². The van der Waals surface area contributed by atoms with Gasteiger partial charge in [-0.25, -0.2) is 4.99 Å². The number of rotatable bonds is 10. The van der Waals surface area contributed by atoms with E-state index in [1.807, 2.05) is 11.0 Å². The summed E-state index contributed by atoms with van der Waals surface area (Å²) >= 11 is 0. The summed E-state index contributed by atoms with van der Waals surface area (Å²) in [5.74, 6) is 1.23. The molecule has 0 saturated carbocycles. The van der Waals surface area contributed by atoms with E-state index in [0.29, 0.717) is 25.6 Å². The molecule has 2 heterocycles. The van der Waals surface area contributed by atoms with Gasteiger partial charge in [-0.1, -0.05) is 24.3 Å². The standard InChI is InChI=1S/C24H38N4O3.HI/c1-3-25-24(27-14-11-22(12-15-27)31-17-7-16-30-2)26-18-20-8-4-5-9-21(20)19-28-13-6-10-23(28)29;/h4-5,8-9,22H,3,6-7,10-19H2,1-2H3,(H,25,26);1H. The Balaban J connectivity index is 0.00000363. The number of amides is 1. The number of piperidine rings is 1. The lowest BCUT2D eigenvalue weighted by molar-refractivity contribution is -0.128. The fourth-order valence-corrected chi connectivity index (χ4v) is 4.22. The molecule has 1 aromatic rings. The van der Waals surface area contributed by atoms with Crippen LogP contribution in [0.25, 0.3) is 0 Å². The van der Waals surface area contributed by atoms with Gasteiger partial charge in [0.2, 0.25) is 5.91 Å². The second-order valence-electron chi connectivity index (χ2n) is 8.26. The molecule has 2 aliphatic rings. The van der Waals surface area contributed by atoms with Gasteiger partial charge >= 0.3 is 0 Å². The maximum Gasteiger partial charge on any atom is 0.222 e. The molecular formula is C24H39IN4O3. The summed E-state index contributed by atoms with van der Waals surface area (Å²) in [5, 5.41) is 3.45. The first kappa shape index (κ1) is 26.9. The Morgan fingerprint density at radius 2 is 1.91 bits per heavy atom. The smallest absolute Gasteiger partial charge is 0.222 e. The zero-order chi connectivity index (χ0) is 21.9. The molecule has 7 nitrogen and oxygen atoms in total. The van der Waals surface area contributed by atoms with Gasteiger partial charge in [-0.2, -0.15) is 0 Å². The minimum atomic E-state index is 0. The van der Waals surface area contributed by atoms with Gasteiger partial charge in [0.15, 0.2) is 5.96 Å². The number of aliphatic imine (C=N–C) groups is 1. The number of ether oxygens (including phenoxy) is 2. The molecule has 1 N–H and O–H groups in total. The minimum Gasteiger partial charge on any atom is -0.385 e. The van der Waals surface area contributed by atoms with Crippen molar-refractivity contribution in [2.24, 2.45) is 4.99 Å². The quantitative estimate of drug-likeness (QED) is 0.207. The zero-order valence-corrected chi connectivity index (χ0v) is 21.9. The molecule has 180 valence electrons. The number of benzene rings is 1. The Hall–Kier alpha value is -1.39. The van der Waals surface area contributed by atoms with Gasteiger partial charge in [-0.05, 0) is 43.7 Å². The molecule has 3 rings (SSSR count). The second-order valence-corrected chi connectivity index (χ2v) is 8.26. The SMILES string of the molecule is CCNC(=NCc1ccccc1CN1CCCC1=O)N1CCC(OCCCOC)CC1.I. The van der Waals surface area contributed by atoms with E-state index in [-0.39, 0.29) is 29.9 Å². The van der Waals surface area contributed by atoms with Crippen LogP contribution >= 0.6 is 24.0 Å². The molecule has 2 aliphatic heterocycles. The maximum atomic E-state index is 12.0. The van der Waals surface area contributed by atoms with Gasteiger partial charge < -0.3 is 24.6 Å². The van der Waals surface area contributed by atoms with Crippen molar-refractivity contribution in [2.75, 3.05) is 46.5 Å². The number of nitrogens with zero attached hydrogens (tertiary/aromatic N) is 3. The normalized spacial score (nSPS) is 17.6. The third kappa shape index (κ3) is 8.19. The Labute approximate surface area is 209 Å². The van der Waals surface area contributed by atoms with Gasteiger partial charge in [-0.3, -0.25) is 4.79 Å². The molecule has 0 unspecified atom stereocenters. The van der Waals surface area contributed by atoms with Crippen molar-refractivity contribution in [3.8, 4) is 0 Å². The maximum absolute atomic E-state index is 12.0. The number of methoxy groups -OCH3 is 1. The molecule has 1 amide bonds. The van der Waals surface area contributed by atoms with Gasteiger partial charge in [0, 0.05) is 59.5 Å². The van der Waals surface area contributed by atoms with Gasteiger partial charge in [-0.15, -0.1) is 24.0 Å². The molecule has 0 spiro atoms. The van der Waals surface area contributed by atoms with E-state index >= 15 is 0 Å². The zero-order valence-electron chi connectivity index (χ0n) is 19.6. The Morgan fingerprint density at radius 3 is 2.56 bits per heavy atom. The highest BCUT2D eigenvalue weighted by Crippen LogP contribution is 2.19. The highest BCUT2D eigenvalue weighted by atomic mass is 127. The predicted molar refractivity (Wildman–Crippen MR) is 138 cm³/mol. The molecular weight excluding hydrogens is 519 g/mol. The Kier molecular flexibility index (Phi) is 12.3. The summed E-state index contributed by atoms with van der Waals surface area (Å²) in [6.45, 7) is 8.54. The summed E-state index contributed by atoms with van der Waals surface area (Å²) in [6.07, 6.45) is 4.96. The average Bonchev–Trinajstić information content (AvgIpc) is 3.20. The third-order valence-corrected chi connectivity index (χ3v) is 5.97. The average molecular weight is 559 g/mol. The molecule has 32 heavy (non-hydrogen) atoms. The highest BCUT2D eigenvalue weighted by molar-refractivity contribution is 14.0. The first-order valence-electron chi connectivity index (χ1n) is 11.7. The molecule has 0 aromatic heterocycles. The topological polar surface area (TPSA) is 66.4 Å². The van der Waals surface area contributed by atoms with Crippen molar-refractivity contribution in [3.05, 3.63) is 35.4 Å². The first-order chi connectivity index (χ1) is 15.2. The van der Waals surface area contributed by atoms with E-state index in [1.165, 1.54) is 11.1 Å². The van der Waals surface area contributed by atoms with Crippen molar-refractivity contribution in [2.45, 2.75) is 58.2 Å². The van der Waals surface area contributed by atoms with Crippen molar-refractivity contribution in [1.82, 2.24) is 15.1 Å². The number of halogens is 1. The summed E-state index contributed by atoms with van der Waals surface area (Å²) in [4.78, 5) is 21.3. The van der Waals surface area contributed by atoms with Gasteiger partial charge in [0.25, 0.3) is 0 Å². The lowest BCUT2D eigenvalue weighted by atomic mass is 10.1. The van der Waals surface area contributed by atoms with Crippen LogP contribution in [-0.4, -0.2) is 74.3 Å². The molecule has 2 fully saturated rings. The van der Waals surface area contributed by atoms with Crippen LogP contribution in [0.4, 0.5) is 0 Å². The number of carbonyl (C=O) groups is 1. The van der Waals surface area contributed by atoms with Crippen LogP contribution in [0.1, 0.15) is 50.2 Å². The molecule has 0 bridgehead atoms. The lowest BCUT2D eigenvalue weighted by Gasteiger charge is -2.34. The highest BCUT2D eigenvalue weighted by Gasteiger charge is 2.23. The summed E-state index contributed by atoms with van der Waals surface area (Å²) in [7, 11) is 1.73. The van der Waals surface area contributed by atoms with Crippen LogP contribution in [0.15, 0.2) is 29.3 Å². The van der Waals surface area contributed by atoms with Crippen LogP contribution < -0.4 is 5.32 Å². The van der Waals surface area contributed by atoms with Crippen molar-refractivity contribution < 1.29 is 14.3 Å². The Bertz CT molecular complexity index is 723. The molecule has 0 aliphatic carbocycles. The summed E-state index contributed by atoms with van der Waals surface area (Å²) in [5.41, 5.74) is 2.38. The van der Waals surface area contributed by atoms with E-state index in [0.717, 1.165) is 71.0 Å². The van der Waals surface area contributed by atoms with Crippen LogP contribution in [0, 0.1) is 0 Å². The monoisotopic (exact) mass is 558 g/mol. The minimum absolute atomic E-state index is 0. The van der Waals surface area contributed by atoms with E-state index in [1.54, 1.807) is 7.11 Å². The Morgan fingerprint density at radius 1 is 1.16 bits per heavy atom. The van der Waals surface area contributed by atoms with Crippen molar-refractivity contribution in [1.29, 1.82) is 0 Å². The predicted octanol–water partition coefficient (Wildman–Crippen LogP) is 3.41. The van der Waals surface area contributed by atoms with E-state index in [4.69, 9.17) is 14.5 Å². The van der Waals surface area contributed by atoms with Crippen molar-refractivity contribution >= 4 is 35.8 Å². The van der Waals surface area contributed by atoms with Crippen LogP contribution in [0.5, 0.6) is 0 Å². The van der Waals surface area contributed by atoms with E-state index in [9.17, 15) is 4.79 Å². The van der Waals surface area contributed by atoms with Gasteiger partial charge in [0.1, 0.15) is 0 Å². The van der Waals surface area contributed by atoms with Crippen LogP contribution in [0.2, 0.25) is 0 Å². The molecule has 0 atom stereocenters. The lowest BCUT2D eigenvalue weighted by Crippen LogP contribution is -2.47. The number of hydrogen-bond donors (Lipinski definition) is 1. The molecule has 2 saturated heterocycles. The number of hydrogen-bond acceptors (Lipinski definition) is 4. The van der Waals surface area contributed by atoms with Gasteiger partial charge in [0.05, 0.1) is 12.6 Å². The molecule has 8 heteroatoms. The fourth-order valence-electron chi connectivity index (χ4n) is 4.22. The third-order valence-electron chi connectivity index (χ3n) is 5.97. The van der Waals surface area contributed by atoms with E-state index < -0.39 is 0 Å². The number of nitrogens with one attached hydrogen (secondary N) is 1. The summed E-state index contributed by atoms with van der Waals surface area (Å²) < 4.78 is 11.1. The number of guanidine groups is 1. The first-order valence-corrected chi connectivity index (χ1v) is 11.7. The number of likely N-dealkylation sites (tertiary alicyclic amines) is 2. The molecule has 1 aromatic carbocycles.